The second-order valence-electron chi connectivity index (χ2n) is 18.8. The molecule has 0 saturated heterocycles. The maximum absolute atomic E-state index is 13.6. The summed E-state index contributed by atoms with van der Waals surface area (Å²) in [6.07, 6.45) is 16.3. The van der Waals surface area contributed by atoms with E-state index in [9.17, 15) is 9.59 Å². The zero-order valence-electron chi connectivity index (χ0n) is 35.0. The van der Waals surface area contributed by atoms with Crippen LogP contribution in [0.3, 0.4) is 0 Å². The average Bonchev–Trinajstić information content (AvgIpc) is 2.94. The van der Waals surface area contributed by atoms with Gasteiger partial charge < -0.3 is 14.4 Å². The van der Waals surface area contributed by atoms with E-state index in [1.807, 2.05) is 34.0 Å². The van der Waals surface area contributed by atoms with Crippen LogP contribution in [0.25, 0.3) is 0 Å². The molecule has 0 bridgehead atoms. The number of rotatable bonds is 24. The van der Waals surface area contributed by atoms with Gasteiger partial charge in [0.15, 0.2) is 0 Å². The molecule has 4 unspecified atom stereocenters. The van der Waals surface area contributed by atoms with E-state index in [-0.39, 0.29) is 46.8 Å². The molecular weight excluding hydrogens is 594 g/mol. The molecule has 0 aliphatic heterocycles. The van der Waals surface area contributed by atoms with E-state index in [0.29, 0.717) is 24.7 Å². The van der Waals surface area contributed by atoms with Crippen molar-refractivity contribution in [2.45, 2.75) is 168 Å². The third-order valence-electron chi connectivity index (χ3n) is 10.3. The second-order valence-corrected chi connectivity index (χ2v) is 18.8. The Morgan fingerprint density at radius 3 is 1.75 bits per heavy atom. The number of carbonyl (C=O) groups is 2. The Kier molecular flexibility index (Phi) is 19.6. The van der Waals surface area contributed by atoms with E-state index in [2.05, 4.69) is 113 Å². The highest BCUT2D eigenvalue weighted by Gasteiger charge is 2.47. The van der Waals surface area contributed by atoms with Gasteiger partial charge in [-0.3, -0.25) is 9.59 Å². The molecule has 0 aliphatic carbocycles. The Hall–Kier alpha value is -1.62. The zero-order chi connectivity index (χ0) is 37.6. The van der Waals surface area contributed by atoms with Crippen molar-refractivity contribution in [3.05, 3.63) is 24.3 Å². The average molecular weight is 676 g/mol. The van der Waals surface area contributed by atoms with Crippen LogP contribution >= 0.6 is 0 Å². The van der Waals surface area contributed by atoms with Gasteiger partial charge in [-0.2, -0.15) is 0 Å². The monoisotopic (exact) mass is 676 g/mol. The van der Waals surface area contributed by atoms with Crippen LogP contribution in [-0.2, 0) is 19.1 Å². The first kappa shape index (κ1) is 46.4. The van der Waals surface area contributed by atoms with Crippen LogP contribution in [0, 0.1) is 44.8 Å². The Labute approximate surface area is 299 Å². The predicted molar refractivity (Wildman–Crippen MR) is 207 cm³/mol. The minimum Gasteiger partial charge on any atom is -0.461 e. The number of ether oxygens (including phenoxy) is 2. The maximum atomic E-state index is 13.6. The first-order valence-corrected chi connectivity index (χ1v) is 19.3. The molecule has 0 rings (SSSR count). The van der Waals surface area contributed by atoms with Crippen molar-refractivity contribution in [2.24, 2.45) is 44.8 Å². The molecule has 5 heteroatoms. The van der Waals surface area contributed by atoms with Gasteiger partial charge in [-0.15, -0.1) is 0 Å². The van der Waals surface area contributed by atoms with Gasteiger partial charge in [0.2, 0.25) is 0 Å². The molecular formula is C43H81NO4. The summed E-state index contributed by atoms with van der Waals surface area (Å²) in [6.45, 7) is 34.5. The van der Waals surface area contributed by atoms with Gasteiger partial charge in [0.1, 0.15) is 12.7 Å². The lowest BCUT2D eigenvalue weighted by atomic mass is 9.63. The largest absolute Gasteiger partial charge is 0.461 e. The lowest BCUT2D eigenvalue weighted by Gasteiger charge is -2.45. The van der Waals surface area contributed by atoms with E-state index < -0.39 is 10.8 Å². The summed E-state index contributed by atoms with van der Waals surface area (Å²) in [5.74, 6) is 1.04. The van der Waals surface area contributed by atoms with Crippen LogP contribution in [0.15, 0.2) is 24.3 Å². The highest BCUT2D eigenvalue weighted by Crippen LogP contribution is 2.47. The third kappa shape index (κ3) is 17.9. The predicted octanol–water partition coefficient (Wildman–Crippen LogP) is 11.7. The van der Waals surface area contributed by atoms with E-state index in [1.165, 1.54) is 0 Å². The number of hydrogen-bond donors (Lipinski definition) is 0. The topological polar surface area (TPSA) is 55.8 Å². The summed E-state index contributed by atoms with van der Waals surface area (Å²) in [7, 11) is 4.06. The van der Waals surface area contributed by atoms with Crippen LogP contribution in [0.4, 0.5) is 0 Å². The molecule has 0 saturated carbocycles. The van der Waals surface area contributed by atoms with Crippen LogP contribution in [0.1, 0.15) is 162 Å². The molecule has 5 nitrogen and oxygen atoms in total. The smallest absolute Gasteiger partial charge is 0.311 e. The van der Waals surface area contributed by atoms with Gasteiger partial charge in [0.25, 0.3) is 0 Å². The number of allylic oxidation sites excluding steroid dienone is 3. The molecule has 0 aromatic heterocycles. The van der Waals surface area contributed by atoms with E-state index in [1.54, 1.807) is 0 Å². The SMILES string of the molecule is CCC(CC(C)(C=CC(C)(C)CC(C)C)CC)C(OC(=O)CCCN(C)C)C(C)(CC)CC(C)(C)C(=O)OCC=CC(C)(C)CC(C)C. The van der Waals surface area contributed by atoms with Crippen LogP contribution in [0.2, 0.25) is 0 Å². The van der Waals surface area contributed by atoms with Crippen molar-refractivity contribution >= 4 is 11.9 Å². The van der Waals surface area contributed by atoms with Gasteiger partial charge in [-0.25, -0.2) is 0 Å². The normalized spacial score (nSPS) is 17.2. The molecule has 4 atom stereocenters. The Bertz CT molecular complexity index is 1000. The maximum Gasteiger partial charge on any atom is 0.311 e. The van der Waals surface area contributed by atoms with Crippen molar-refractivity contribution in [3.63, 3.8) is 0 Å². The molecule has 0 aromatic rings. The standard InChI is InChI=1S/C43H81NO4/c1-18-35(31-42(14,19-2)26-25-40(10,11)30-34(6)7)37(48-36(45)23-21-27-44(16)17)43(15,20-3)32-41(12,13)38(46)47-28-22-24-39(8,9)29-33(4)5/h22,24-26,33-35,37H,18-21,23,27-32H2,1-17H3. The summed E-state index contributed by atoms with van der Waals surface area (Å²) in [5.41, 5.74) is -1.02. The van der Waals surface area contributed by atoms with Crippen molar-refractivity contribution in [3.8, 4) is 0 Å². The fourth-order valence-corrected chi connectivity index (χ4v) is 7.80. The van der Waals surface area contributed by atoms with Gasteiger partial charge in [-0.05, 0) is 120 Å². The fourth-order valence-electron chi connectivity index (χ4n) is 7.80. The van der Waals surface area contributed by atoms with Crippen molar-refractivity contribution < 1.29 is 19.1 Å². The first-order valence-electron chi connectivity index (χ1n) is 19.3. The molecule has 0 aromatic carbocycles. The third-order valence-corrected chi connectivity index (χ3v) is 10.3. The van der Waals surface area contributed by atoms with Crippen molar-refractivity contribution in [2.75, 3.05) is 27.2 Å². The summed E-state index contributed by atoms with van der Waals surface area (Å²) < 4.78 is 12.4. The quantitative estimate of drug-likeness (QED) is 0.0753. The molecule has 282 valence electrons. The van der Waals surface area contributed by atoms with E-state index in [0.717, 1.165) is 51.5 Å². The number of nitrogens with zero attached hydrogens (tertiary/aromatic N) is 1. The summed E-state index contributed by atoms with van der Waals surface area (Å²) >= 11 is 0. The second kappa shape index (κ2) is 20.3. The highest BCUT2D eigenvalue weighted by atomic mass is 16.5. The van der Waals surface area contributed by atoms with Gasteiger partial charge in [-0.1, -0.05) is 114 Å². The minimum atomic E-state index is -0.741. The summed E-state index contributed by atoms with van der Waals surface area (Å²) in [4.78, 5) is 29.2. The lowest BCUT2D eigenvalue weighted by Crippen LogP contribution is -2.46. The van der Waals surface area contributed by atoms with E-state index in [4.69, 9.17) is 9.47 Å². The Balaban J connectivity index is 6.38. The molecule has 0 amide bonds. The zero-order valence-corrected chi connectivity index (χ0v) is 35.0. The lowest BCUT2D eigenvalue weighted by molar-refractivity contribution is -0.168. The molecule has 0 fully saturated rings. The fraction of sp³-hybridized carbons (Fsp3) is 0.860. The molecule has 48 heavy (non-hydrogen) atoms. The van der Waals surface area contributed by atoms with Gasteiger partial charge in [0.05, 0.1) is 5.41 Å². The minimum absolute atomic E-state index is 0.0384. The van der Waals surface area contributed by atoms with Gasteiger partial charge >= 0.3 is 11.9 Å². The van der Waals surface area contributed by atoms with E-state index >= 15 is 0 Å². The molecule has 0 spiro atoms. The molecule has 0 heterocycles. The summed E-state index contributed by atoms with van der Waals surface area (Å²) in [6, 6.07) is 0. The van der Waals surface area contributed by atoms with Crippen molar-refractivity contribution in [1.82, 2.24) is 4.90 Å². The van der Waals surface area contributed by atoms with Crippen LogP contribution in [0.5, 0.6) is 0 Å². The number of carbonyl (C=O) groups excluding carboxylic acids is 2. The Morgan fingerprint density at radius 1 is 0.750 bits per heavy atom. The first-order chi connectivity index (χ1) is 21.9. The highest BCUT2D eigenvalue weighted by molar-refractivity contribution is 5.76. The van der Waals surface area contributed by atoms with Crippen LogP contribution < -0.4 is 0 Å². The number of hydrogen-bond acceptors (Lipinski definition) is 5. The summed E-state index contributed by atoms with van der Waals surface area (Å²) in [5, 5.41) is 0. The number of esters is 2. The van der Waals surface area contributed by atoms with Gasteiger partial charge in [0, 0.05) is 11.8 Å². The molecule has 0 aliphatic rings. The molecule has 0 N–H and O–H groups in total. The Morgan fingerprint density at radius 2 is 1.29 bits per heavy atom. The molecule has 0 radical (unpaired) electrons. The van der Waals surface area contributed by atoms with Crippen LogP contribution in [-0.4, -0.2) is 50.2 Å². The van der Waals surface area contributed by atoms with Crippen molar-refractivity contribution in [1.29, 1.82) is 0 Å².